The van der Waals surface area contributed by atoms with E-state index in [1.54, 1.807) is 0 Å². The van der Waals surface area contributed by atoms with E-state index in [9.17, 15) is 12.8 Å². The highest BCUT2D eigenvalue weighted by atomic mass is 32.2. The molecule has 1 N–H and O–H groups in total. The summed E-state index contributed by atoms with van der Waals surface area (Å²) in [6.45, 7) is 0. The van der Waals surface area contributed by atoms with Gasteiger partial charge in [-0.15, -0.1) is 0 Å². The van der Waals surface area contributed by atoms with Crippen molar-refractivity contribution in [2.45, 2.75) is 23.8 Å². The Kier molecular flexibility index (Phi) is 2.89. The van der Waals surface area contributed by atoms with Crippen molar-refractivity contribution in [3.8, 4) is 0 Å². The van der Waals surface area contributed by atoms with Crippen LogP contribution < -0.4 is 5.32 Å². The Balaban J connectivity index is 1.83. The molecule has 3 atom stereocenters. The Hall–Kier alpha value is -1.36. The summed E-state index contributed by atoms with van der Waals surface area (Å²) in [5, 5.41) is 3.14. The van der Waals surface area contributed by atoms with Crippen LogP contribution in [0, 0.1) is 17.7 Å². The van der Waals surface area contributed by atoms with Gasteiger partial charge in [0.1, 0.15) is 5.82 Å². The van der Waals surface area contributed by atoms with Gasteiger partial charge in [-0.05, 0) is 37.0 Å². The van der Waals surface area contributed by atoms with Crippen molar-refractivity contribution in [3.05, 3.63) is 36.2 Å². The second kappa shape index (κ2) is 4.34. The zero-order chi connectivity index (χ0) is 13.6. The second-order valence-electron chi connectivity index (χ2n) is 5.40. The molecule has 102 valence electrons. The Labute approximate surface area is 112 Å². The Morgan fingerprint density at radius 3 is 2.84 bits per heavy atom. The number of anilines is 1. The van der Waals surface area contributed by atoms with Crippen molar-refractivity contribution in [1.82, 2.24) is 0 Å². The number of fused-ring (bicyclic) bond motifs is 1. The highest BCUT2D eigenvalue weighted by Crippen LogP contribution is 2.44. The number of sulfone groups is 1. The summed E-state index contributed by atoms with van der Waals surface area (Å²) in [7, 11) is -3.30. The second-order valence-corrected chi connectivity index (χ2v) is 7.42. The van der Waals surface area contributed by atoms with Crippen molar-refractivity contribution in [2.24, 2.45) is 11.8 Å². The van der Waals surface area contributed by atoms with Gasteiger partial charge in [-0.2, -0.15) is 0 Å². The summed E-state index contributed by atoms with van der Waals surface area (Å²) in [4.78, 5) is 0.147. The molecule has 5 heteroatoms. The molecule has 0 aromatic heterocycles. The molecule has 3 rings (SSSR count). The molecule has 0 bridgehead atoms. The van der Waals surface area contributed by atoms with Crippen LogP contribution in [0.2, 0.25) is 0 Å². The Bertz CT molecular complexity index is 639. The maximum absolute atomic E-state index is 13.7. The van der Waals surface area contributed by atoms with Crippen molar-refractivity contribution in [2.75, 3.05) is 11.6 Å². The molecule has 19 heavy (non-hydrogen) atoms. The average Bonchev–Trinajstić information content (AvgIpc) is 2.68. The van der Waals surface area contributed by atoms with Crippen LogP contribution in [0.3, 0.4) is 0 Å². The summed E-state index contributed by atoms with van der Waals surface area (Å²) in [6, 6.07) is 4.11. The van der Waals surface area contributed by atoms with Crippen LogP contribution in [-0.4, -0.2) is 20.7 Å². The number of benzene rings is 1. The number of nitrogens with one attached hydrogen (secondary N) is 1. The van der Waals surface area contributed by atoms with Crippen LogP contribution in [0.4, 0.5) is 10.1 Å². The van der Waals surface area contributed by atoms with Crippen LogP contribution in [-0.2, 0) is 9.84 Å². The first-order valence-corrected chi connectivity index (χ1v) is 8.27. The first kappa shape index (κ1) is 12.7. The van der Waals surface area contributed by atoms with E-state index in [1.807, 2.05) is 0 Å². The molecular formula is C14H16FNO2S. The summed E-state index contributed by atoms with van der Waals surface area (Å²) in [5.74, 6) is 0.734. The van der Waals surface area contributed by atoms with Gasteiger partial charge in [0.15, 0.2) is 9.84 Å². The molecule has 0 heterocycles. The third-order valence-corrected chi connectivity index (χ3v) is 5.18. The molecule has 1 aromatic rings. The average molecular weight is 281 g/mol. The third-order valence-electron chi connectivity index (χ3n) is 4.07. The van der Waals surface area contributed by atoms with E-state index in [0.717, 1.165) is 19.1 Å². The fraction of sp³-hybridized carbons (Fsp3) is 0.429. The normalized spacial score (nSPS) is 28.8. The summed E-state index contributed by atoms with van der Waals surface area (Å²) >= 11 is 0. The van der Waals surface area contributed by atoms with Crippen molar-refractivity contribution in [3.63, 3.8) is 0 Å². The molecule has 0 amide bonds. The highest BCUT2D eigenvalue weighted by Gasteiger charge is 2.41. The largest absolute Gasteiger partial charge is 0.379 e. The summed E-state index contributed by atoms with van der Waals surface area (Å²) in [5.41, 5.74) is 0.284. The zero-order valence-electron chi connectivity index (χ0n) is 10.6. The van der Waals surface area contributed by atoms with E-state index in [2.05, 4.69) is 17.5 Å². The van der Waals surface area contributed by atoms with E-state index in [1.165, 1.54) is 18.2 Å². The van der Waals surface area contributed by atoms with Gasteiger partial charge < -0.3 is 5.32 Å². The maximum atomic E-state index is 13.7. The van der Waals surface area contributed by atoms with Crippen molar-refractivity contribution in [1.29, 1.82) is 0 Å². The summed E-state index contributed by atoms with van der Waals surface area (Å²) in [6.07, 6.45) is 7.59. The summed E-state index contributed by atoms with van der Waals surface area (Å²) < 4.78 is 36.7. The van der Waals surface area contributed by atoms with E-state index < -0.39 is 15.7 Å². The van der Waals surface area contributed by atoms with Crippen LogP contribution in [0.5, 0.6) is 0 Å². The lowest BCUT2D eigenvalue weighted by Crippen LogP contribution is -2.43. The monoisotopic (exact) mass is 281 g/mol. The molecule has 0 saturated heterocycles. The molecule has 1 aromatic carbocycles. The number of hydrogen-bond donors (Lipinski definition) is 1. The van der Waals surface area contributed by atoms with Crippen molar-refractivity contribution >= 4 is 15.5 Å². The maximum Gasteiger partial charge on any atom is 0.175 e. The van der Waals surface area contributed by atoms with Gasteiger partial charge in [0.2, 0.25) is 0 Å². The molecule has 0 aliphatic heterocycles. The number of halogens is 1. The van der Waals surface area contributed by atoms with Gasteiger partial charge in [-0.1, -0.05) is 12.2 Å². The van der Waals surface area contributed by atoms with Gasteiger partial charge in [-0.3, -0.25) is 0 Å². The minimum Gasteiger partial charge on any atom is -0.379 e. The highest BCUT2D eigenvalue weighted by molar-refractivity contribution is 7.90. The number of hydrogen-bond acceptors (Lipinski definition) is 3. The lowest BCUT2D eigenvalue weighted by molar-refractivity contribution is 0.217. The topological polar surface area (TPSA) is 46.2 Å². The number of allylic oxidation sites excluding steroid dienone is 1. The van der Waals surface area contributed by atoms with Gasteiger partial charge >= 0.3 is 0 Å². The molecule has 2 aliphatic carbocycles. The van der Waals surface area contributed by atoms with Crippen LogP contribution >= 0.6 is 0 Å². The standard InChI is InChI=1S/C14H16FNO2S/c1-19(17,18)10-5-6-12(15)14(8-10)16-13-7-9-3-2-4-11(9)13/h2,4-6,8-9,11,13,16H,3,7H2,1H3. The van der Waals surface area contributed by atoms with Gasteiger partial charge in [0.05, 0.1) is 10.6 Å². The minimum absolute atomic E-state index is 0.147. The molecule has 3 unspecified atom stereocenters. The minimum atomic E-state index is -3.30. The molecule has 2 aliphatic rings. The van der Waals surface area contributed by atoms with Gasteiger partial charge in [0, 0.05) is 18.2 Å². The molecule has 1 fully saturated rings. The van der Waals surface area contributed by atoms with E-state index in [-0.39, 0.29) is 16.6 Å². The first-order chi connectivity index (χ1) is 8.95. The predicted octanol–water partition coefficient (Wildman–Crippen LogP) is 2.61. The smallest absolute Gasteiger partial charge is 0.175 e. The van der Waals surface area contributed by atoms with Crippen LogP contribution in [0.1, 0.15) is 12.8 Å². The molecular weight excluding hydrogens is 265 g/mol. The van der Waals surface area contributed by atoms with Gasteiger partial charge in [-0.25, -0.2) is 12.8 Å². The lowest BCUT2D eigenvalue weighted by atomic mass is 9.71. The number of rotatable bonds is 3. The fourth-order valence-corrected chi connectivity index (χ4v) is 3.58. The van der Waals surface area contributed by atoms with E-state index in [4.69, 9.17) is 0 Å². The van der Waals surface area contributed by atoms with Crippen LogP contribution in [0.15, 0.2) is 35.2 Å². The molecule has 3 nitrogen and oxygen atoms in total. The van der Waals surface area contributed by atoms with Crippen LogP contribution in [0.25, 0.3) is 0 Å². The Morgan fingerprint density at radius 1 is 1.37 bits per heavy atom. The molecule has 0 radical (unpaired) electrons. The SMILES string of the molecule is CS(=O)(=O)c1ccc(F)c(NC2CC3CC=CC32)c1. The molecule has 0 spiro atoms. The first-order valence-electron chi connectivity index (χ1n) is 6.38. The van der Waals surface area contributed by atoms with E-state index >= 15 is 0 Å². The van der Waals surface area contributed by atoms with Crippen molar-refractivity contribution < 1.29 is 12.8 Å². The lowest BCUT2D eigenvalue weighted by Gasteiger charge is -2.41. The van der Waals surface area contributed by atoms with E-state index in [0.29, 0.717) is 11.8 Å². The third kappa shape index (κ3) is 2.27. The fourth-order valence-electron chi connectivity index (χ4n) is 2.93. The predicted molar refractivity (Wildman–Crippen MR) is 72.3 cm³/mol. The molecule has 1 saturated carbocycles. The Morgan fingerprint density at radius 2 is 2.16 bits per heavy atom. The van der Waals surface area contributed by atoms with Gasteiger partial charge in [0.25, 0.3) is 0 Å². The zero-order valence-corrected chi connectivity index (χ0v) is 11.5. The quantitative estimate of drug-likeness (QED) is 0.684.